The number of carbonyl (C=O) groups is 1. The van der Waals surface area contributed by atoms with E-state index in [0.29, 0.717) is 25.2 Å². The molecule has 0 N–H and O–H groups in total. The molecule has 0 spiro atoms. The molecule has 1 aromatic heterocycles. The quantitative estimate of drug-likeness (QED) is 0.834. The molecule has 140 valence electrons. The van der Waals surface area contributed by atoms with Gasteiger partial charge in [-0.15, -0.1) is 0 Å². The van der Waals surface area contributed by atoms with Crippen molar-refractivity contribution in [3.8, 4) is 0 Å². The second-order valence-corrected chi connectivity index (χ2v) is 6.46. The molecule has 0 atom stereocenters. The topological polar surface area (TPSA) is 49.6 Å². The average molecular weight is 367 g/mol. The first-order chi connectivity index (χ1) is 12.3. The summed E-state index contributed by atoms with van der Waals surface area (Å²) in [5, 5.41) is 3.86. The van der Waals surface area contributed by atoms with E-state index >= 15 is 0 Å². The molecule has 0 radical (unpaired) electrons. The number of halogens is 3. The van der Waals surface area contributed by atoms with Crippen molar-refractivity contribution in [3.63, 3.8) is 0 Å². The van der Waals surface area contributed by atoms with Crippen LogP contribution in [-0.2, 0) is 23.9 Å². The van der Waals surface area contributed by atoms with Crippen LogP contribution in [0.25, 0.3) is 0 Å². The SMILES string of the molecule is Cc1cc(CN2CCN(C(=O)Cc3ccc(C(F)(F)F)cc3)CC2)on1. The van der Waals surface area contributed by atoms with Gasteiger partial charge in [0.05, 0.1) is 24.2 Å². The molecule has 3 rings (SSSR count). The first-order valence-corrected chi connectivity index (χ1v) is 8.40. The van der Waals surface area contributed by atoms with Gasteiger partial charge in [0.25, 0.3) is 0 Å². The van der Waals surface area contributed by atoms with Gasteiger partial charge in [-0.1, -0.05) is 17.3 Å². The standard InChI is InChI=1S/C18H20F3N3O2/c1-13-10-16(26-22-13)12-23-6-8-24(9-7-23)17(25)11-14-2-4-15(5-3-14)18(19,20)21/h2-5,10H,6-9,11-12H2,1H3. The van der Waals surface area contributed by atoms with Gasteiger partial charge in [-0.3, -0.25) is 9.69 Å². The van der Waals surface area contributed by atoms with E-state index in [9.17, 15) is 18.0 Å². The number of aromatic nitrogens is 1. The summed E-state index contributed by atoms with van der Waals surface area (Å²) in [6.45, 7) is 5.14. The molecule has 1 aliphatic heterocycles. The van der Waals surface area contributed by atoms with E-state index in [0.717, 1.165) is 36.7 Å². The highest BCUT2D eigenvalue weighted by molar-refractivity contribution is 5.78. The Kier molecular flexibility index (Phi) is 5.31. The number of rotatable bonds is 4. The Hall–Kier alpha value is -2.35. The van der Waals surface area contributed by atoms with E-state index in [1.807, 2.05) is 13.0 Å². The summed E-state index contributed by atoms with van der Waals surface area (Å²) in [6.07, 6.45) is -4.25. The predicted octanol–water partition coefficient (Wildman–Crippen LogP) is 2.89. The third kappa shape index (κ3) is 4.63. The molecule has 1 aliphatic rings. The van der Waals surface area contributed by atoms with E-state index in [1.54, 1.807) is 4.90 Å². The first kappa shape index (κ1) is 18.4. The van der Waals surface area contributed by atoms with Crippen LogP contribution in [0.4, 0.5) is 13.2 Å². The third-order valence-electron chi connectivity index (χ3n) is 4.42. The lowest BCUT2D eigenvalue weighted by Gasteiger charge is -2.34. The third-order valence-corrected chi connectivity index (χ3v) is 4.42. The Bertz CT molecular complexity index is 748. The van der Waals surface area contributed by atoms with E-state index in [1.165, 1.54) is 12.1 Å². The summed E-state index contributed by atoms with van der Waals surface area (Å²) >= 11 is 0. The van der Waals surface area contributed by atoms with Gasteiger partial charge in [-0.2, -0.15) is 13.2 Å². The van der Waals surface area contributed by atoms with Crippen molar-refractivity contribution in [1.29, 1.82) is 0 Å². The van der Waals surface area contributed by atoms with Crippen LogP contribution in [0, 0.1) is 6.92 Å². The maximum absolute atomic E-state index is 12.6. The van der Waals surface area contributed by atoms with Gasteiger partial charge in [-0.05, 0) is 24.6 Å². The van der Waals surface area contributed by atoms with Gasteiger partial charge in [0.1, 0.15) is 0 Å². The molecule has 1 fully saturated rings. The number of benzene rings is 1. The summed E-state index contributed by atoms with van der Waals surface area (Å²) < 4.78 is 42.9. The normalized spacial score (nSPS) is 16.1. The molecule has 0 saturated carbocycles. The predicted molar refractivity (Wildman–Crippen MR) is 88.2 cm³/mol. The van der Waals surface area contributed by atoms with Crippen LogP contribution >= 0.6 is 0 Å². The lowest BCUT2D eigenvalue weighted by molar-refractivity contribution is -0.137. The molecule has 1 amide bonds. The van der Waals surface area contributed by atoms with E-state index < -0.39 is 11.7 Å². The molecular formula is C18H20F3N3O2. The Morgan fingerprint density at radius 1 is 1.15 bits per heavy atom. The fourth-order valence-electron chi connectivity index (χ4n) is 2.96. The van der Waals surface area contributed by atoms with Crippen molar-refractivity contribution in [2.24, 2.45) is 0 Å². The van der Waals surface area contributed by atoms with Crippen molar-refractivity contribution in [1.82, 2.24) is 15.0 Å². The van der Waals surface area contributed by atoms with Crippen molar-refractivity contribution in [3.05, 3.63) is 52.9 Å². The fraction of sp³-hybridized carbons (Fsp3) is 0.444. The monoisotopic (exact) mass is 367 g/mol. The molecule has 1 saturated heterocycles. The largest absolute Gasteiger partial charge is 0.416 e. The van der Waals surface area contributed by atoms with Crippen LogP contribution in [0.3, 0.4) is 0 Å². The molecule has 0 unspecified atom stereocenters. The molecular weight excluding hydrogens is 347 g/mol. The lowest BCUT2D eigenvalue weighted by atomic mass is 10.1. The first-order valence-electron chi connectivity index (χ1n) is 8.40. The second kappa shape index (κ2) is 7.49. The molecule has 2 heterocycles. The zero-order valence-corrected chi connectivity index (χ0v) is 14.4. The van der Waals surface area contributed by atoms with Crippen molar-refractivity contribution in [2.45, 2.75) is 26.1 Å². The van der Waals surface area contributed by atoms with Crippen LogP contribution in [-0.4, -0.2) is 47.0 Å². The Morgan fingerprint density at radius 3 is 2.35 bits per heavy atom. The Morgan fingerprint density at radius 2 is 1.81 bits per heavy atom. The summed E-state index contributed by atoms with van der Waals surface area (Å²) in [4.78, 5) is 16.3. The molecule has 0 aliphatic carbocycles. The summed E-state index contributed by atoms with van der Waals surface area (Å²) in [5.74, 6) is 0.729. The van der Waals surface area contributed by atoms with Crippen LogP contribution < -0.4 is 0 Å². The van der Waals surface area contributed by atoms with Gasteiger partial charge in [0.2, 0.25) is 5.91 Å². The summed E-state index contributed by atoms with van der Waals surface area (Å²) in [5.41, 5.74) is 0.720. The number of nitrogens with zero attached hydrogens (tertiary/aromatic N) is 3. The van der Waals surface area contributed by atoms with Crippen molar-refractivity contribution < 1.29 is 22.5 Å². The summed E-state index contributed by atoms with van der Waals surface area (Å²) in [6, 6.07) is 6.65. The molecule has 0 bridgehead atoms. The number of amides is 1. The average Bonchev–Trinajstić information content (AvgIpc) is 3.00. The number of aryl methyl sites for hydroxylation is 1. The second-order valence-electron chi connectivity index (χ2n) is 6.46. The van der Waals surface area contributed by atoms with Crippen LogP contribution in [0.2, 0.25) is 0 Å². The zero-order valence-electron chi connectivity index (χ0n) is 14.4. The Labute approximate surface area is 149 Å². The lowest BCUT2D eigenvalue weighted by Crippen LogP contribution is -2.48. The van der Waals surface area contributed by atoms with Gasteiger partial charge < -0.3 is 9.42 Å². The number of carbonyl (C=O) groups excluding carboxylic acids is 1. The van der Waals surface area contributed by atoms with E-state index in [4.69, 9.17) is 4.52 Å². The van der Waals surface area contributed by atoms with Gasteiger partial charge in [0.15, 0.2) is 5.76 Å². The highest BCUT2D eigenvalue weighted by Crippen LogP contribution is 2.29. The van der Waals surface area contributed by atoms with E-state index in [-0.39, 0.29) is 12.3 Å². The number of hydrogen-bond donors (Lipinski definition) is 0. The highest BCUT2D eigenvalue weighted by Gasteiger charge is 2.30. The number of alkyl halides is 3. The van der Waals surface area contributed by atoms with Crippen LogP contribution in [0.1, 0.15) is 22.6 Å². The molecule has 26 heavy (non-hydrogen) atoms. The van der Waals surface area contributed by atoms with Crippen molar-refractivity contribution in [2.75, 3.05) is 26.2 Å². The maximum atomic E-state index is 12.6. The maximum Gasteiger partial charge on any atom is 0.416 e. The Balaban J connectivity index is 1.49. The fourth-order valence-corrected chi connectivity index (χ4v) is 2.96. The summed E-state index contributed by atoms with van der Waals surface area (Å²) in [7, 11) is 0. The van der Waals surface area contributed by atoms with Crippen molar-refractivity contribution >= 4 is 5.91 Å². The minimum absolute atomic E-state index is 0.0695. The van der Waals surface area contributed by atoms with Gasteiger partial charge >= 0.3 is 6.18 Å². The minimum atomic E-state index is -4.36. The number of piperazine rings is 1. The minimum Gasteiger partial charge on any atom is -0.360 e. The number of hydrogen-bond acceptors (Lipinski definition) is 4. The van der Waals surface area contributed by atoms with E-state index in [2.05, 4.69) is 10.1 Å². The molecule has 2 aromatic rings. The molecule has 8 heteroatoms. The zero-order chi connectivity index (χ0) is 18.7. The van der Waals surface area contributed by atoms with Crippen LogP contribution in [0.15, 0.2) is 34.9 Å². The highest BCUT2D eigenvalue weighted by atomic mass is 19.4. The molecule has 1 aromatic carbocycles. The van der Waals surface area contributed by atoms with Crippen LogP contribution in [0.5, 0.6) is 0 Å². The van der Waals surface area contributed by atoms with Gasteiger partial charge in [-0.25, -0.2) is 0 Å². The van der Waals surface area contributed by atoms with Gasteiger partial charge in [0, 0.05) is 32.2 Å². The molecule has 5 nitrogen and oxygen atoms in total. The smallest absolute Gasteiger partial charge is 0.360 e.